The number of nitriles is 4. The lowest BCUT2D eigenvalue weighted by atomic mass is 9.88. The highest BCUT2D eigenvalue weighted by molar-refractivity contribution is 7.80. The summed E-state index contributed by atoms with van der Waals surface area (Å²) in [5.74, 6) is -0.936. The number of rotatable bonds is 5. The Morgan fingerprint density at radius 3 is 2.11 bits per heavy atom. The summed E-state index contributed by atoms with van der Waals surface area (Å²) in [6, 6.07) is 18.9. The van der Waals surface area contributed by atoms with E-state index in [-0.39, 0.29) is 5.11 Å². The normalized spacial score (nSPS) is 9.93. The molecule has 0 aliphatic rings. The Morgan fingerprint density at radius 2 is 1.64 bits per heavy atom. The van der Waals surface area contributed by atoms with Crippen LogP contribution in [0.5, 0.6) is 5.75 Å². The van der Waals surface area contributed by atoms with Gasteiger partial charge >= 0.3 is 5.54 Å². The Bertz CT molecular complexity index is 982. The molecule has 0 saturated heterocycles. The number of thiocarbonyl (C=S) groups is 1. The first kappa shape index (κ1) is 20.1. The van der Waals surface area contributed by atoms with E-state index in [9.17, 15) is 21.0 Å². The van der Waals surface area contributed by atoms with Crippen molar-refractivity contribution in [3.63, 3.8) is 0 Å². The third-order valence-corrected chi connectivity index (χ3v) is 4.09. The minimum atomic E-state index is -2.17. The molecule has 0 radical (unpaired) electrons. The van der Waals surface area contributed by atoms with Gasteiger partial charge in [0.25, 0.3) is 0 Å². The van der Waals surface area contributed by atoms with Crippen LogP contribution in [0.4, 0.5) is 5.69 Å². The number of aromatic nitrogens is 1. The van der Waals surface area contributed by atoms with Crippen molar-refractivity contribution in [3.8, 4) is 30.0 Å². The van der Waals surface area contributed by atoms with Gasteiger partial charge in [-0.25, -0.2) is 0 Å². The maximum absolute atomic E-state index is 9.79. The monoisotopic (exact) mass is 388 g/mol. The van der Waals surface area contributed by atoms with E-state index in [1.807, 2.05) is 0 Å². The predicted octanol–water partition coefficient (Wildman–Crippen LogP) is 1.77. The van der Waals surface area contributed by atoms with E-state index >= 15 is 0 Å². The molecule has 0 saturated carbocycles. The fourth-order valence-electron chi connectivity index (χ4n) is 2.41. The van der Waals surface area contributed by atoms with E-state index in [0.29, 0.717) is 11.4 Å². The first-order valence-corrected chi connectivity index (χ1v) is 8.30. The van der Waals surface area contributed by atoms with Crippen molar-refractivity contribution < 1.29 is 9.41 Å². The summed E-state index contributed by atoms with van der Waals surface area (Å²) in [5.41, 5.74) is -1.60. The second-order valence-corrected chi connectivity index (χ2v) is 5.79. The molecule has 2 rings (SSSR count). The van der Waals surface area contributed by atoms with E-state index in [0.717, 1.165) is 5.01 Å². The largest absolute Gasteiger partial charge is 0.497 e. The third kappa shape index (κ3) is 3.81. The summed E-state index contributed by atoms with van der Waals surface area (Å²) in [6.45, 7) is 0. The molecule has 0 fully saturated rings. The molecule has 136 valence electrons. The van der Waals surface area contributed by atoms with Crippen LogP contribution in [0.1, 0.15) is 0 Å². The van der Waals surface area contributed by atoms with Crippen LogP contribution in [0.25, 0.3) is 0 Å². The van der Waals surface area contributed by atoms with Crippen LogP contribution in [0, 0.1) is 51.2 Å². The number of nitrogens with zero attached hydrogens (tertiary/aromatic N) is 6. The molecule has 1 aromatic heterocycles. The molecule has 0 amide bonds. The zero-order valence-electron chi connectivity index (χ0n) is 14.8. The molecule has 9 heteroatoms. The molecule has 0 aliphatic heterocycles. The quantitative estimate of drug-likeness (QED) is 0.607. The number of hydrogen-bond donors (Lipinski definition) is 1. The lowest BCUT2D eigenvalue weighted by molar-refractivity contribution is -0.686. The molecule has 0 atom stereocenters. The van der Waals surface area contributed by atoms with Gasteiger partial charge in [0.15, 0.2) is 18.3 Å². The first-order valence-electron chi connectivity index (χ1n) is 7.90. The van der Waals surface area contributed by atoms with Gasteiger partial charge in [0.1, 0.15) is 17.9 Å². The highest BCUT2D eigenvalue weighted by atomic mass is 32.1. The summed E-state index contributed by atoms with van der Waals surface area (Å²) >= 11 is 5.44. The fourth-order valence-corrected chi connectivity index (χ4v) is 2.76. The van der Waals surface area contributed by atoms with Gasteiger partial charge in [0.05, 0.1) is 19.2 Å². The lowest BCUT2D eigenvalue weighted by Crippen LogP contribution is -2.73. The number of anilines is 1. The average Bonchev–Trinajstić information content (AvgIpc) is 2.74. The molecule has 2 aromatic rings. The first-order chi connectivity index (χ1) is 13.6. The lowest BCUT2D eigenvalue weighted by Gasteiger charge is -2.29. The standard InChI is InChI=1S/C19H13N7OS/c1-27-17-7-5-16(6-8-17)24-18(28)26(25-9-3-2-4-10-25)19(13-22,14-23)15(11-20)12-21/h2-10,15H,1H3/p+1. The Kier molecular flexibility index (Phi) is 6.44. The molecule has 1 aromatic carbocycles. The van der Waals surface area contributed by atoms with E-state index < -0.39 is 11.5 Å². The van der Waals surface area contributed by atoms with Gasteiger partial charge in [-0.05, 0) is 36.5 Å². The van der Waals surface area contributed by atoms with Crippen molar-refractivity contribution in [2.45, 2.75) is 5.54 Å². The SMILES string of the molecule is COc1ccc(NC(=S)N([n+]2ccccc2)C(C#N)(C#N)C(C#N)C#N)cc1. The van der Waals surface area contributed by atoms with Crippen LogP contribution in [0.15, 0.2) is 54.9 Å². The number of ether oxygens (including phenoxy) is 1. The maximum atomic E-state index is 9.79. The van der Waals surface area contributed by atoms with Gasteiger partial charge in [-0.15, -0.1) is 0 Å². The molecule has 1 heterocycles. The Balaban J connectivity index is 2.55. The van der Waals surface area contributed by atoms with Crippen molar-refractivity contribution in [1.82, 2.24) is 0 Å². The molecule has 0 aliphatic carbocycles. The van der Waals surface area contributed by atoms with Crippen LogP contribution in [-0.2, 0) is 0 Å². The van der Waals surface area contributed by atoms with Crippen LogP contribution < -0.4 is 19.7 Å². The summed E-state index contributed by atoms with van der Waals surface area (Å²) < 4.78 is 6.49. The average molecular weight is 388 g/mol. The van der Waals surface area contributed by atoms with Gasteiger partial charge in [-0.2, -0.15) is 21.0 Å². The van der Waals surface area contributed by atoms with Gasteiger partial charge in [-0.3, -0.25) is 0 Å². The number of benzene rings is 1. The molecular formula is C19H14N7OS+. The number of nitrogens with one attached hydrogen (secondary N) is 1. The van der Waals surface area contributed by atoms with E-state index in [4.69, 9.17) is 17.0 Å². The van der Waals surface area contributed by atoms with Crippen molar-refractivity contribution in [2.24, 2.45) is 5.92 Å². The second-order valence-electron chi connectivity index (χ2n) is 5.41. The zero-order valence-corrected chi connectivity index (χ0v) is 15.6. The van der Waals surface area contributed by atoms with Gasteiger partial charge < -0.3 is 10.1 Å². The summed E-state index contributed by atoms with van der Waals surface area (Å²) in [5, 5.41) is 42.3. The van der Waals surface area contributed by atoms with E-state index in [2.05, 4.69) is 5.32 Å². The minimum absolute atomic E-state index is 0.0417. The zero-order chi connectivity index (χ0) is 20.6. The summed E-state index contributed by atoms with van der Waals surface area (Å²) in [6.07, 6.45) is 3.11. The second kappa shape index (κ2) is 8.96. The van der Waals surface area contributed by atoms with Crippen LogP contribution in [0.2, 0.25) is 0 Å². The summed E-state index contributed by atoms with van der Waals surface area (Å²) in [4.78, 5) is 0. The van der Waals surface area contributed by atoms with E-state index in [1.54, 1.807) is 86.2 Å². The van der Waals surface area contributed by atoms with Crippen LogP contribution in [-0.4, -0.2) is 17.8 Å². The van der Waals surface area contributed by atoms with E-state index in [1.165, 1.54) is 4.68 Å². The third-order valence-electron chi connectivity index (χ3n) is 3.82. The summed E-state index contributed by atoms with van der Waals surface area (Å²) in [7, 11) is 1.54. The molecule has 28 heavy (non-hydrogen) atoms. The van der Waals surface area contributed by atoms with Crippen LogP contribution >= 0.6 is 12.2 Å². The van der Waals surface area contributed by atoms with Crippen LogP contribution in [0.3, 0.4) is 0 Å². The smallest absolute Gasteiger partial charge is 0.301 e. The number of hydrogen-bond acceptors (Lipinski definition) is 6. The predicted molar refractivity (Wildman–Crippen MR) is 103 cm³/mol. The maximum Gasteiger partial charge on any atom is 0.301 e. The molecule has 0 spiro atoms. The molecule has 1 N–H and O–H groups in total. The molecular weight excluding hydrogens is 374 g/mol. The van der Waals surface area contributed by atoms with Crippen molar-refractivity contribution in [2.75, 3.05) is 17.4 Å². The molecule has 8 nitrogen and oxygen atoms in total. The Labute approximate surface area is 167 Å². The Morgan fingerprint density at radius 1 is 1.07 bits per heavy atom. The topological polar surface area (TPSA) is 124 Å². The van der Waals surface area contributed by atoms with Crippen molar-refractivity contribution >= 4 is 23.0 Å². The molecule has 0 unspecified atom stereocenters. The van der Waals surface area contributed by atoms with Gasteiger partial charge in [-0.1, -0.05) is 15.8 Å². The van der Waals surface area contributed by atoms with Crippen molar-refractivity contribution in [1.29, 1.82) is 21.0 Å². The fraction of sp³-hybridized carbons (Fsp3) is 0.158. The molecule has 0 bridgehead atoms. The highest BCUT2D eigenvalue weighted by Gasteiger charge is 2.53. The number of methoxy groups -OCH3 is 1. The number of pyridine rings is 1. The highest BCUT2D eigenvalue weighted by Crippen LogP contribution is 2.23. The van der Waals surface area contributed by atoms with Gasteiger partial charge in [0, 0.05) is 17.8 Å². The minimum Gasteiger partial charge on any atom is -0.497 e. The Hall–Kier alpha value is -4.18. The van der Waals surface area contributed by atoms with Gasteiger partial charge in [0.2, 0.25) is 5.11 Å². The van der Waals surface area contributed by atoms with Crippen molar-refractivity contribution in [3.05, 3.63) is 54.9 Å².